The molecule has 0 spiro atoms. The summed E-state index contributed by atoms with van der Waals surface area (Å²) < 4.78 is 0. The molecule has 0 aliphatic heterocycles. The summed E-state index contributed by atoms with van der Waals surface area (Å²) in [6, 6.07) is 18.1. The van der Waals surface area contributed by atoms with Crippen LogP contribution >= 0.6 is 0 Å². The van der Waals surface area contributed by atoms with Crippen molar-refractivity contribution in [1.29, 1.82) is 0 Å². The monoisotopic (exact) mass is 429 g/mol. The number of hydrogen-bond donors (Lipinski definition) is 3. The lowest BCUT2D eigenvalue weighted by Crippen LogP contribution is -1.98. The number of H-pyrrole nitrogens is 2. The van der Waals surface area contributed by atoms with Crippen molar-refractivity contribution >= 4 is 33.2 Å². The van der Waals surface area contributed by atoms with E-state index in [1.54, 1.807) is 24.8 Å². The minimum atomic E-state index is 0.809. The highest BCUT2D eigenvalue weighted by atomic mass is 15.1. The molecule has 5 heterocycles. The number of nitrogens with one attached hydrogen (secondary N) is 3. The predicted octanol–water partition coefficient (Wildman–Crippen LogP) is 5.65. The molecule has 0 saturated carbocycles. The van der Waals surface area contributed by atoms with Crippen LogP contribution in [0.15, 0.2) is 92.2 Å². The summed E-state index contributed by atoms with van der Waals surface area (Å²) >= 11 is 0. The van der Waals surface area contributed by atoms with Crippen molar-refractivity contribution in [2.45, 2.75) is 0 Å². The molecule has 0 atom stereocenters. The van der Waals surface area contributed by atoms with Gasteiger partial charge in [-0.15, -0.1) is 0 Å². The van der Waals surface area contributed by atoms with E-state index in [1.807, 2.05) is 54.7 Å². The Balaban J connectivity index is 1.36. The second kappa shape index (κ2) is 7.72. The van der Waals surface area contributed by atoms with E-state index in [0.29, 0.717) is 0 Å². The summed E-state index contributed by atoms with van der Waals surface area (Å²) in [7, 11) is 0. The van der Waals surface area contributed by atoms with Gasteiger partial charge in [0.05, 0.1) is 46.7 Å². The summed E-state index contributed by atoms with van der Waals surface area (Å²) in [6.45, 7) is 4.14. The maximum Gasteiger partial charge on any atom is 0.116 e. The van der Waals surface area contributed by atoms with Crippen LogP contribution in [0.2, 0.25) is 0 Å². The van der Waals surface area contributed by atoms with Crippen molar-refractivity contribution in [3.05, 3.63) is 97.7 Å². The maximum atomic E-state index is 4.62. The van der Waals surface area contributed by atoms with Crippen LogP contribution in [-0.2, 0) is 0 Å². The van der Waals surface area contributed by atoms with Crippen LogP contribution in [0.25, 0.3) is 50.1 Å². The average molecular weight is 429 g/mol. The molecule has 5 aromatic heterocycles. The molecule has 7 nitrogen and oxygen atoms in total. The fraction of sp³-hybridized carbons (Fsp3) is 0. The normalized spacial score (nSPS) is 11.2. The third kappa shape index (κ3) is 3.51. The van der Waals surface area contributed by atoms with Gasteiger partial charge in [0.15, 0.2) is 0 Å². The zero-order valence-electron chi connectivity index (χ0n) is 17.6. The Morgan fingerprint density at radius 3 is 2.67 bits per heavy atom. The summed E-state index contributed by atoms with van der Waals surface area (Å²) in [5, 5.41) is 13.0. The number of aromatic amines is 2. The molecule has 33 heavy (non-hydrogen) atoms. The van der Waals surface area contributed by atoms with Crippen LogP contribution in [-0.4, -0.2) is 30.1 Å². The van der Waals surface area contributed by atoms with Crippen LogP contribution in [0.5, 0.6) is 0 Å². The quantitative estimate of drug-likeness (QED) is 0.329. The molecule has 0 bridgehead atoms. The zero-order chi connectivity index (χ0) is 22.2. The molecule has 3 N–H and O–H groups in total. The van der Waals surface area contributed by atoms with Crippen molar-refractivity contribution in [1.82, 2.24) is 30.1 Å². The average Bonchev–Trinajstić information content (AvgIpc) is 3.48. The van der Waals surface area contributed by atoms with Crippen LogP contribution in [0.4, 0.5) is 5.69 Å². The first kappa shape index (κ1) is 18.9. The highest BCUT2D eigenvalue weighted by Gasteiger charge is 2.13. The van der Waals surface area contributed by atoms with Crippen LogP contribution < -0.4 is 5.32 Å². The van der Waals surface area contributed by atoms with Crippen molar-refractivity contribution in [3.8, 4) is 22.6 Å². The van der Waals surface area contributed by atoms with Crippen LogP contribution in [0, 0.1) is 0 Å². The van der Waals surface area contributed by atoms with Gasteiger partial charge in [0, 0.05) is 34.4 Å². The molecule has 0 unspecified atom stereocenters. The number of anilines is 1. The molecule has 0 radical (unpaired) electrons. The van der Waals surface area contributed by atoms with Gasteiger partial charge in [0.1, 0.15) is 5.69 Å². The van der Waals surface area contributed by atoms with E-state index < -0.39 is 0 Å². The number of fused-ring (bicyclic) bond motifs is 2. The molecule has 6 aromatic rings. The van der Waals surface area contributed by atoms with Gasteiger partial charge in [-0.3, -0.25) is 20.1 Å². The lowest BCUT2D eigenvalue weighted by molar-refractivity contribution is 1.11. The number of aromatic nitrogens is 6. The lowest BCUT2D eigenvalue weighted by Gasteiger charge is -2.10. The van der Waals surface area contributed by atoms with Gasteiger partial charge in [0.25, 0.3) is 0 Å². The highest BCUT2D eigenvalue weighted by molar-refractivity contribution is 5.96. The van der Waals surface area contributed by atoms with Gasteiger partial charge in [0.2, 0.25) is 0 Å². The molecule has 0 saturated heterocycles. The van der Waals surface area contributed by atoms with Crippen molar-refractivity contribution in [2.75, 3.05) is 5.32 Å². The number of benzene rings is 1. The smallest absolute Gasteiger partial charge is 0.116 e. The number of pyridine rings is 3. The SMILES string of the molecule is C=C(Nc1cncc(-c2cc3c(-c4cc5ccncc5[nH]4)n[nH]c3cn2)c1)c1ccccc1. The zero-order valence-corrected chi connectivity index (χ0v) is 17.6. The Morgan fingerprint density at radius 1 is 0.879 bits per heavy atom. The van der Waals surface area contributed by atoms with Crippen molar-refractivity contribution in [2.24, 2.45) is 0 Å². The Hall–Kier alpha value is -4.78. The van der Waals surface area contributed by atoms with Crippen LogP contribution in [0.3, 0.4) is 0 Å². The second-order valence-electron chi connectivity index (χ2n) is 7.77. The first-order valence-corrected chi connectivity index (χ1v) is 10.5. The molecule has 7 heteroatoms. The minimum Gasteiger partial charge on any atom is -0.354 e. The molecular weight excluding hydrogens is 410 g/mol. The Kier molecular flexibility index (Phi) is 4.43. The van der Waals surface area contributed by atoms with Crippen molar-refractivity contribution < 1.29 is 0 Å². The summed E-state index contributed by atoms with van der Waals surface area (Å²) in [5.41, 5.74) is 7.99. The Morgan fingerprint density at radius 2 is 1.79 bits per heavy atom. The first-order chi connectivity index (χ1) is 16.2. The van der Waals surface area contributed by atoms with Gasteiger partial charge in [-0.2, -0.15) is 5.10 Å². The van der Waals surface area contributed by atoms with E-state index in [-0.39, 0.29) is 0 Å². The third-order valence-electron chi connectivity index (χ3n) is 5.58. The van der Waals surface area contributed by atoms with Gasteiger partial charge in [-0.1, -0.05) is 36.9 Å². The van der Waals surface area contributed by atoms with E-state index in [2.05, 4.69) is 48.1 Å². The highest BCUT2D eigenvalue weighted by Crippen LogP contribution is 2.31. The summed E-state index contributed by atoms with van der Waals surface area (Å²) in [6.07, 6.45) is 8.98. The fourth-order valence-electron chi connectivity index (χ4n) is 3.91. The lowest BCUT2D eigenvalue weighted by atomic mass is 10.1. The first-order valence-electron chi connectivity index (χ1n) is 10.5. The van der Waals surface area contributed by atoms with Gasteiger partial charge in [-0.05, 0) is 29.8 Å². The number of hydrogen-bond acceptors (Lipinski definition) is 5. The Bertz CT molecular complexity index is 1580. The fourth-order valence-corrected chi connectivity index (χ4v) is 3.91. The van der Waals surface area contributed by atoms with Crippen molar-refractivity contribution in [3.63, 3.8) is 0 Å². The Labute approximate surface area is 189 Å². The van der Waals surface area contributed by atoms with E-state index in [4.69, 9.17) is 0 Å². The van der Waals surface area contributed by atoms with E-state index in [1.165, 1.54) is 0 Å². The molecule has 0 aliphatic carbocycles. The maximum absolute atomic E-state index is 4.62. The molecular formula is C26H19N7. The predicted molar refractivity (Wildman–Crippen MR) is 131 cm³/mol. The van der Waals surface area contributed by atoms with E-state index in [0.717, 1.165) is 61.4 Å². The standard InChI is InChI=1S/C26H19N7/c1-16(17-5-3-2-4-6-17)30-20-9-19(12-28-13-20)22-11-21-25(15-29-22)32-33-26(21)23-10-18-7-8-27-14-24(18)31-23/h2-15,30-31H,1H2,(H,32,33). The molecule has 0 aliphatic rings. The molecule has 1 aromatic carbocycles. The van der Waals surface area contributed by atoms with E-state index >= 15 is 0 Å². The topological polar surface area (TPSA) is 95.2 Å². The largest absolute Gasteiger partial charge is 0.354 e. The summed E-state index contributed by atoms with van der Waals surface area (Å²) in [5.74, 6) is 0. The third-order valence-corrected chi connectivity index (χ3v) is 5.58. The number of rotatable bonds is 5. The van der Waals surface area contributed by atoms with E-state index in [9.17, 15) is 0 Å². The number of nitrogens with zero attached hydrogens (tertiary/aromatic N) is 4. The van der Waals surface area contributed by atoms with Crippen LogP contribution in [0.1, 0.15) is 5.56 Å². The molecule has 0 amide bonds. The molecule has 6 rings (SSSR count). The van der Waals surface area contributed by atoms with Gasteiger partial charge in [-0.25, -0.2) is 0 Å². The summed E-state index contributed by atoms with van der Waals surface area (Å²) in [4.78, 5) is 16.6. The second-order valence-corrected chi connectivity index (χ2v) is 7.77. The molecule has 0 fully saturated rings. The molecule has 158 valence electrons. The van der Waals surface area contributed by atoms with Gasteiger partial charge < -0.3 is 10.3 Å². The van der Waals surface area contributed by atoms with Gasteiger partial charge >= 0.3 is 0 Å². The minimum absolute atomic E-state index is 0.809.